The zero-order chi connectivity index (χ0) is 18.0. The van der Waals surface area contributed by atoms with E-state index in [1.165, 1.54) is 0 Å². The van der Waals surface area contributed by atoms with Gasteiger partial charge in [0.25, 0.3) is 5.91 Å². The summed E-state index contributed by atoms with van der Waals surface area (Å²) in [5.74, 6) is 0.0275. The number of nitrogens with one attached hydrogen (secondary N) is 1. The van der Waals surface area contributed by atoms with Gasteiger partial charge >= 0.3 is 0 Å². The van der Waals surface area contributed by atoms with Crippen LogP contribution in [0.15, 0.2) is 12.3 Å². The lowest BCUT2D eigenvalue weighted by molar-refractivity contribution is 0.0692. The molecule has 3 heterocycles. The molecule has 1 aliphatic heterocycles. The van der Waals surface area contributed by atoms with Gasteiger partial charge in [-0.15, -0.1) is 0 Å². The summed E-state index contributed by atoms with van der Waals surface area (Å²) < 4.78 is 1.88. The Labute approximate surface area is 148 Å². The van der Waals surface area contributed by atoms with Gasteiger partial charge in [0, 0.05) is 37.1 Å². The third-order valence-corrected chi connectivity index (χ3v) is 4.73. The molecule has 1 unspecified atom stereocenters. The van der Waals surface area contributed by atoms with Gasteiger partial charge in [-0.3, -0.25) is 4.79 Å². The number of nitrogens with zero attached hydrogens (tertiary/aromatic N) is 4. The molecule has 1 atom stereocenters. The first-order valence-electron chi connectivity index (χ1n) is 8.99. The molecule has 0 aromatic carbocycles. The maximum atomic E-state index is 13.0. The molecule has 1 amide bonds. The number of amides is 1. The fourth-order valence-corrected chi connectivity index (χ4v) is 3.43. The molecule has 25 heavy (non-hydrogen) atoms. The van der Waals surface area contributed by atoms with Crippen molar-refractivity contribution in [2.75, 3.05) is 26.2 Å². The molecular formula is C18H27N5O2. The molecule has 0 spiro atoms. The Bertz CT molecular complexity index is 755. The number of aliphatic hydroxyl groups excluding tert-OH is 1. The van der Waals surface area contributed by atoms with Gasteiger partial charge in [0.15, 0.2) is 5.65 Å². The summed E-state index contributed by atoms with van der Waals surface area (Å²) in [4.78, 5) is 19.5. The monoisotopic (exact) mass is 345 g/mol. The zero-order valence-corrected chi connectivity index (χ0v) is 15.2. The van der Waals surface area contributed by atoms with Gasteiger partial charge in [-0.2, -0.15) is 5.10 Å². The summed E-state index contributed by atoms with van der Waals surface area (Å²) >= 11 is 0. The molecule has 7 heteroatoms. The maximum Gasteiger partial charge on any atom is 0.255 e. The lowest BCUT2D eigenvalue weighted by atomic mass is 10.0. The average molecular weight is 345 g/mol. The molecule has 0 aliphatic carbocycles. The molecule has 0 radical (unpaired) electrons. The Morgan fingerprint density at radius 1 is 1.48 bits per heavy atom. The lowest BCUT2D eigenvalue weighted by Crippen LogP contribution is -2.48. The first-order chi connectivity index (χ1) is 12.0. The first-order valence-corrected chi connectivity index (χ1v) is 8.99. The Morgan fingerprint density at radius 2 is 2.28 bits per heavy atom. The van der Waals surface area contributed by atoms with Crippen LogP contribution in [-0.2, 0) is 0 Å². The number of hydrogen-bond acceptors (Lipinski definition) is 5. The average Bonchev–Trinajstić information content (AvgIpc) is 3.01. The number of carbonyl (C=O) groups excluding carboxylic acids is 1. The van der Waals surface area contributed by atoms with E-state index in [-0.39, 0.29) is 24.6 Å². The lowest BCUT2D eigenvalue weighted by Gasteiger charge is -2.33. The van der Waals surface area contributed by atoms with Gasteiger partial charge in [0.2, 0.25) is 0 Å². The first kappa shape index (κ1) is 17.8. The predicted molar refractivity (Wildman–Crippen MR) is 96.7 cm³/mol. The van der Waals surface area contributed by atoms with Crippen molar-refractivity contribution in [3.63, 3.8) is 0 Å². The molecule has 1 saturated heterocycles. The van der Waals surface area contributed by atoms with Gasteiger partial charge < -0.3 is 15.3 Å². The van der Waals surface area contributed by atoms with E-state index >= 15 is 0 Å². The standard InChI is InChI=1S/C18H27N5O2/c1-12(2)23-17-14(10-20-23)9-16(13(3)21-17)18(25)22-7-4-5-15(11-22)19-6-8-24/h9-10,12,15,19,24H,4-8,11H2,1-3H3. The second-order valence-corrected chi connectivity index (χ2v) is 6.99. The van der Waals surface area contributed by atoms with Crippen molar-refractivity contribution in [3.8, 4) is 0 Å². The van der Waals surface area contributed by atoms with Gasteiger partial charge in [-0.25, -0.2) is 9.67 Å². The van der Waals surface area contributed by atoms with E-state index in [2.05, 4.69) is 29.2 Å². The fourth-order valence-electron chi connectivity index (χ4n) is 3.43. The van der Waals surface area contributed by atoms with Crippen LogP contribution in [0.3, 0.4) is 0 Å². The molecule has 0 bridgehead atoms. The van der Waals surface area contributed by atoms with Crippen molar-refractivity contribution >= 4 is 16.9 Å². The van der Waals surface area contributed by atoms with Gasteiger partial charge in [-0.1, -0.05) is 0 Å². The molecule has 3 rings (SSSR count). The number of rotatable bonds is 5. The van der Waals surface area contributed by atoms with Crippen LogP contribution in [0, 0.1) is 6.92 Å². The second-order valence-electron chi connectivity index (χ2n) is 6.99. The Kier molecular flexibility index (Phi) is 5.34. The zero-order valence-electron chi connectivity index (χ0n) is 15.2. The van der Waals surface area contributed by atoms with E-state index in [1.54, 1.807) is 6.20 Å². The minimum atomic E-state index is 0.0275. The van der Waals surface area contributed by atoms with Crippen molar-refractivity contribution in [2.24, 2.45) is 0 Å². The molecule has 136 valence electrons. The number of carbonyl (C=O) groups is 1. The number of piperidine rings is 1. The van der Waals surface area contributed by atoms with Crippen LogP contribution in [0.4, 0.5) is 0 Å². The highest BCUT2D eigenvalue weighted by Crippen LogP contribution is 2.21. The quantitative estimate of drug-likeness (QED) is 0.858. The minimum absolute atomic E-state index is 0.0275. The third kappa shape index (κ3) is 3.67. The van der Waals surface area contributed by atoms with E-state index in [0.29, 0.717) is 18.7 Å². The number of aliphatic hydroxyl groups is 1. The highest BCUT2D eigenvalue weighted by molar-refractivity contribution is 5.98. The SMILES string of the molecule is Cc1nc2c(cnn2C(C)C)cc1C(=O)N1CCCC(NCCO)C1. The van der Waals surface area contributed by atoms with Crippen LogP contribution in [0.5, 0.6) is 0 Å². The van der Waals surface area contributed by atoms with Crippen molar-refractivity contribution in [2.45, 2.75) is 45.7 Å². The van der Waals surface area contributed by atoms with E-state index < -0.39 is 0 Å². The Balaban J connectivity index is 1.83. The number of fused-ring (bicyclic) bond motifs is 1. The highest BCUT2D eigenvalue weighted by atomic mass is 16.3. The normalized spacial score (nSPS) is 18.3. The van der Waals surface area contributed by atoms with Crippen molar-refractivity contribution in [3.05, 3.63) is 23.5 Å². The molecule has 2 aromatic rings. The third-order valence-electron chi connectivity index (χ3n) is 4.73. The Hall–Kier alpha value is -1.99. The molecule has 1 fully saturated rings. The molecule has 2 N–H and O–H groups in total. The second kappa shape index (κ2) is 7.49. The summed E-state index contributed by atoms with van der Waals surface area (Å²) in [6.45, 7) is 8.12. The van der Waals surface area contributed by atoms with E-state index in [0.717, 1.165) is 36.1 Å². The van der Waals surface area contributed by atoms with Crippen LogP contribution in [0.1, 0.15) is 48.8 Å². The van der Waals surface area contributed by atoms with Gasteiger partial charge in [-0.05, 0) is 39.7 Å². The summed E-state index contributed by atoms with van der Waals surface area (Å²) in [5.41, 5.74) is 2.22. The summed E-state index contributed by atoms with van der Waals surface area (Å²) in [5, 5.41) is 17.6. The number of aromatic nitrogens is 3. The molecular weight excluding hydrogens is 318 g/mol. The van der Waals surface area contributed by atoms with Crippen molar-refractivity contribution < 1.29 is 9.90 Å². The predicted octanol–water partition coefficient (Wildman–Crippen LogP) is 1.51. The summed E-state index contributed by atoms with van der Waals surface area (Å²) in [7, 11) is 0. The Morgan fingerprint density at radius 3 is 3.00 bits per heavy atom. The van der Waals surface area contributed by atoms with Crippen LogP contribution in [0.2, 0.25) is 0 Å². The van der Waals surface area contributed by atoms with E-state index in [4.69, 9.17) is 5.11 Å². The largest absolute Gasteiger partial charge is 0.395 e. The van der Waals surface area contributed by atoms with Gasteiger partial charge in [0.05, 0.1) is 24.1 Å². The van der Waals surface area contributed by atoms with E-state index in [9.17, 15) is 4.79 Å². The van der Waals surface area contributed by atoms with Crippen LogP contribution in [0.25, 0.3) is 11.0 Å². The minimum Gasteiger partial charge on any atom is -0.395 e. The number of pyridine rings is 1. The van der Waals surface area contributed by atoms with Crippen molar-refractivity contribution in [1.82, 2.24) is 25.0 Å². The topological polar surface area (TPSA) is 83.3 Å². The maximum absolute atomic E-state index is 13.0. The van der Waals surface area contributed by atoms with Crippen LogP contribution >= 0.6 is 0 Å². The summed E-state index contributed by atoms with van der Waals surface area (Å²) in [6, 6.07) is 2.38. The molecule has 2 aromatic heterocycles. The van der Waals surface area contributed by atoms with E-state index in [1.807, 2.05) is 22.6 Å². The van der Waals surface area contributed by atoms with Crippen LogP contribution < -0.4 is 5.32 Å². The molecule has 1 aliphatic rings. The number of aryl methyl sites for hydroxylation is 1. The smallest absolute Gasteiger partial charge is 0.255 e. The number of likely N-dealkylation sites (tertiary alicyclic amines) is 1. The number of hydrogen-bond donors (Lipinski definition) is 2. The summed E-state index contributed by atoms with van der Waals surface area (Å²) in [6.07, 6.45) is 3.77. The van der Waals surface area contributed by atoms with Crippen LogP contribution in [-0.4, -0.2) is 63.0 Å². The highest BCUT2D eigenvalue weighted by Gasteiger charge is 2.26. The van der Waals surface area contributed by atoms with Crippen molar-refractivity contribution in [1.29, 1.82) is 0 Å². The molecule has 0 saturated carbocycles. The van der Waals surface area contributed by atoms with Gasteiger partial charge in [0.1, 0.15) is 0 Å². The molecule has 7 nitrogen and oxygen atoms in total. The fraction of sp³-hybridized carbons (Fsp3) is 0.611.